The van der Waals surface area contributed by atoms with Gasteiger partial charge in [0.05, 0.1) is 7.11 Å². The average molecular weight is 327 g/mol. The van der Waals surface area contributed by atoms with Crippen LogP contribution >= 0.6 is 11.6 Å². The molecule has 1 aromatic carbocycles. The van der Waals surface area contributed by atoms with Crippen molar-refractivity contribution in [3.63, 3.8) is 0 Å². The molecule has 0 spiro atoms. The van der Waals surface area contributed by atoms with E-state index in [0.717, 1.165) is 10.8 Å². The summed E-state index contributed by atoms with van der Waals surface area (Å²) in [4.78, 5) is 0. The molecule has 0 amide bonds. The van der Waals surface area contributed by atoms with Crippen molar-refractivity contribution < 1.29 is 38.7 Å². The van der Waals surface area contributed by atoms with Gasteiger partial charge in [0.25, 0.3) is 0 Å². The number of benzene rings is 1. The van der Waals surface area contributed by atoms with Crippen molar-refractivity contribution >= 4 is 34.7 Å². The summed E-state index contributed by atoms with van der Waals surface area (Å²) in [5.41, 5.74) is 0. The number of methoxy groups -OCH3 is 1. The van der Waals surface area contributed by atoms with E-state index in [1.165, 1.54) is 0 Å². The minimum absolute atomic E-state index is 0. The Labute approximate surface area is 115 Å². The van der Waals surface area contributed by atoms with Crippen molar-refractivity contribution in [1.29, 1.82) is 0 Å². The molecule has 0 aliphatic rings. The molecule has 0 aliphatic heterocycles. The van der Waals surface area contributed by atoms with E-state index in [1.807, 2.05) is 12.1 Å². The maximum atomic E-state index is 5.61. The van der Waals surface area contributed by atoms with E-state index in [2.05, 4.69) is 0 Å². The van der Waals surface area contributed by atoms with Crippen LogP contribution in [0.25, 0.3) is 0 Å². The third-order valence-electron chi connectivity index (χ3n) is 1.05. The van der Waals surface area contributed by atoms with Crippen LogP contribution in [0.5, 0.6) is 5.75 Å². The molecule has 0 N–H and O–H groups in total. The Balaban J connectivity index is -0.000000270. The van der Waals surface area contributed by atoms with Gasteiger partial charge < -0.3 is 38.7 Å². The maximum absolute atomic E-state index is 5.61. The van der Waals surface area contributed by atoms with Crippen LogP contribution in [0.15, 0.2) is 24.3 Å². The molecule has 0 fully saturated rings. The summed E-state index contributed by atoms with van der Waals surface area (Å²) >= 11 is 5.61. The van der Waals surface area contributed by atoms with Crippen molar-refractivity contribution in [2.24, 2.45) is 0 Å². The van der Waals surface area contributed by atoms with E-state index in [9.17, 15) is 0 Å². The minimum Gasteiger partial charge on any atom is -1.00 e. The van der Waals surface area contributed by atoms with Crippen LogP contribution in [0, 0.1) is 0 Å². The Morgan fingerprint density at radius 3 is 1.83 bits per heavy atom. The summed E-state index contributed by atoms with van der Waals surface area (Å²) in [5, 5.41) is 0.732. The van der Waals surface area contributed by atoms with Crippen molar-refractivity contribution in [3.8, 4) is 5.75 Å². The summed E-state index contributed by atoms with van der Waals surface area (Å²) in [6.07, 6.45) is 0. The summed E-state index contributed by atoms with van der Waals surface area (Å²) in [6, 6.07) is 7.23. The number of rotatable bonds is 1. The SMILES string of the molecule is COc1ccc(Cl)cc1.[Br-].[Br-].[Mg+2]. The van der Waals surface area contributed by atoms with Gasteiger partial charge in [-0.3, -0.25) is 0 Å². The van der Waals surface area contributed by atoms with Crippen molar-refractivity contribution in [3.05, 3.63) is 29.3 Å². The molecule has 1 nitrogen and oxygen atoms in total. The van der Waals surface area contributed by atoms with Crippen LogP contribution in [0.3, 0.4) is 0 Å². The van der Waals surface area contributed by atoms with E-state index in [-0.39, 0.29) is 57.0 Å². The van der Waals surface area contributed by atoms with E-state index < -0.39 is 0 Å². The Bertz CT molecular complexity index is 193. The fourth-order valence-corrected chi connectivity index (χ4v) is 0.697. The zero-order valence-electron chi connectivity index (χ0n) is 6.56. The van der Waals surface area contributed by atoms with Gasteiger partial charge in [0.2, 0.25) is 0 Å². The van der Waals surface area contributed by atoms with Crippen molar-refractivity contribution in [2.75, 3.05) is 7.11 Å². The molecule has 0 saturated heterocycles. The van der Waals surface area contributed by atoms with Crippen LogP contribution in [0.4, 0.5) is 0 Å². The maximum Gasteiger partial charge on any atom is 2.00 e. The summed E-state index contributed by atoms with van der Waals surface area (Å²) in [7, 11) is 1.63. The van der Waals surface area contributed by atoms with Gasteiger partial charge in [-0.15, -0.1) is 0 Å². The van der Waals surface area contributed by atoms with Gasteiger partial charge in [0, 0.05) is 5.02 Å². The number of halogens is 3. The summed E-state index contributed by atoms with van der Waals surface area (Å²) in [6.45, 7) is 0. The molecule has 1 rings (SSSR count). The molecule has 0 aromatic heterocycles. The molecule has 64 valence electrons. The van der Waals surface area contributed by atoms with E-state index >= 15 is 0 Å². The molecular weight excluding hydrogens is 320 g/mol. The average Bonchev–Trinajstić information content (AvgIpc) is 1.90. The van der Waals surface area contributed by atoms with Gasteiger partial charge in [-0.1, -0.05) is 11.6 Å². The van der Waals surface area contributed by atoms with Crippen LogP contribution in [-0.2, 0) is 0 Å². The number of ether oxygens (including phenoxy) is 1. The second kappa shape index (κ2) is 10.1. The van der Waals surface area contributed by atoms with Crippen LogP contribution in [0.2, 0.25) is 5.02 Å². The first kappa shape index (κ1) is 18.7. The molecule has 0 saturated carbocycles. The predicted molar refractivity (Wildman–Crippen MR) is 43.8 cm³/mol. The van der Waals surface area contributed by atoms with Crippen LogP contribution in [0.1, 0.15) is 0 Å². The molecule has 0 aliphatic carbocycles. The van der Waals surface area contributed by atoms with Crippen LogP contribution in [-0.4, -0.2) is 30.2 Å². The largest absolute Gasteiger partial charge is 2.00 e. The molecule has 0 unspecified atom stereocenters. The fourth-order valence-electron chi connectivity index (χ4n) is 0.571. The van der Waals surface area contributed by atoms with Gasteiger partial charge in [-0.05, 0) is 24.3 Å². The van der Waals surface area contributed by atoms with E-state index in [4.69, 9.17) is 16.3 Å². The molecule has 0 radical (unpaired) electrons. The second-order valence-electron chi connectivity index (χ2n) is 1.66. The first-order valence-electron chi connectivity index (χ1n) is 2.62. The quantitative estimate of drug-likeness (QED) is 0.478. The van der Waals surface area contributed by atoms with Gasteiger partial charge in [-0.2, -0.15) is 0 Å². The third-order valence-corrected chi connectivity index (χ3v) is 1.30. The topological polar surface area (TPSA) is 9.23 Å². The molecule has 1 aromatic rings. The van der Waals surface area contributed by atoms with Crippen molar-refractivity contribution in [2.45, 2.75) is 0 Å². The third kappa shape index (κ3) is 6.54. The zero-order valence-corrected chi connectivity index (χ0v) is 11.9. The Morgan fingerprint density at radius 1 is 1.08 bits per heavy atom. The first-order valence-corrected chi connectivity index (χ1v) is 3.00. The molecule has 0 bridgehead atoms. The molecule has 12 heavy (non-hydrogen) atoms. The van der Waals surface area contributed by atoms with Crippen LogP contribution < -0.4 is 38.7 Å². The van der Waals surface area contributed by atoms with Gasteiger partial charge >= 0.3 is 23.1 Å². The number of hydrogen-bond donors (Lipinski definition) is 0. The molecule has 5 heteroatoms. The summed E-state index contributed by atoms with van der Waals surface area (Å²) < 4.78 is 4.91. The summed E-state index contributed by atoms with van der Waals surface area (Å²) in [5.74, 6) is 0.833. The fraction of sp³-hybridized carbons (Fsp3) is 0.143. The monoisotopic (exact) mass is 324 g/mol. The smallest absolute Gasteiger partial charge is 1.00 e. The second-order valence-corrected chi connectivity index (χ2v) is 2.09. The minimum atomic E-state index is 0. The Morgan fingerprint density at radius 2 is 1.50 bits per heavy atom. The standard InChI is InChI=1S/C7H7ClO.2BrH.Mg/c1-9-7-4-2-6(8)3-5-7;;;/h2-5H,1H3;2*1H;/q;;;+2/p-2. The number of hydrogen-bond acceptors (Lipinski definition) is 1. The first-order chi connectivity index (χ1) is 4.33. The van der Waals surface area contributed by atoms with Gasteiger partial charge in [0.1, 0.15) is 5.75 Å². The Kier molecular flexibility index (Phi) is 15.8. The molecule has 0 heterocycles. The normalized spacial score (nSPS) is 6.83. The van der Waals surface area contributed by atoms with E-state index in [1.54, 1.807) is 19.2 Å². The molecule has 0 atom stereocenters. The Hall–Kier alpha value is 1.04. The van der Waals surface area contributed by atoms with E-state index in [0.29, 0.717) is 0 Å². The molecular formula is C7H7Br2ClMgO. The van der Waals surface area contributed by atoms with Gasteiger partial charge in [-0.25, -0.2) is 0 Å². The van der Waals surface area contributed by atoms with Crippen molar-refractivity contribution in [1.82, 2.24) is 0 Å². The predicted octanol–water partition coefficient (Wildman–Crippen LogP) is -4.02. The van der Waals surface area contributed by atoms with Gasteiger partial charge in [0.15, 0.2) is 0 Å². The zero-order chi connectivity index (χ0) is 6.69.